The van der Waals surface area contributed by atoms with Gasteiger partial charge in [-0.05, 0) is 27.8 Å². The van der Waals surface area contributed by atoms with Crippen LogP contribution in [0.5, 0.6) is 0 Å². The number of nitrogens with zero attached hydrogens (tertiary/aromatic N) is 1. The van der Waals surface area contributed by atoms with Crippen molar-refractivity contribution in [1.29, 1.82) is 0 Å². The third-order valence-electron chi connectivity index (χ3n) is 4.27. The number of hydrogen-bond acceptors (Lipinski definition) is 2. The monoisotopic (exact) mass is 287 g/mol. The highest BCUT2D eigenvalue weighted by atomic mass is 16.6. The van der Waals surface area contributed by atoms with E-state index in [9.17, 15) is 10.1 Å². The Kier molecular flexibility index (Phi) is 2.79. The maximum atomic E-state index is 10.8. The molecular formula is C19H13NO2. The Balaban J connectivity index is 1.89. The van der Waals surface area contributed by atoms with Crippen molar-refractivity contribution in [2.75, 3.05) is 0 Å². The molecule has 0 fully saturated rings. The lowest BCUT2D eigenvalue weighted by atomic mass is 9.89. The summed E-state index contributed by atoms with van der Waals surface area (Å²) in [6.45, 7) is 0. The second kappa shape index (κ2) is 4.81. The van der Waals surface area contributed by atoms with Gasteiger partial charge in [0, 0.05) is 18.1 Å². The van der Waals surface area contributed by atoms with Crippen LogP contribution in [0.2, 0.25) is 0 Å². The van der Waals surface area contributed by atoms with Crippen molar-refractivity contribution in [3.05, 3.63) is 99.6 Å². The second-order valence-corrected chi connectivity index (χ2v) is 5.46. The highest BCUT2D eigenvalue weighted by Crippen LogP contribution is 2.47. The Bertz CT molecular complexity index is 823. The molecule has 4 rings (SSSR count). The predicted octanol–water partition coefficient (Wildman–Crippen LogP) is 4.76. The van der Waals surface area contributed by atoms with Crippen molar-refractivity contribution in [1.82, 2.24) is 0 Å². The standard InChI is InChI=1S/C19H13NO2/c21-20(22)14-11-9-13(10-12-14)19-17-7-3-1-5-15(17)16-6-2-4-8-18(16)19/h1-12,19H. The molecule has 0 amide bonds. The van der Waals surface area contributed by atoms with Crippen molar-refractivity contribution in [3.8, 4) is 11.1 Å². The van der Waals surface area contributed by atoms with Gasteiger partial charge in [0.05, 0.1) is 4.92 Å². The number of hydrogen-bond donors (Lipinski definition) is 0. The summed E-state index contributed by atoms with van der Waals surface area (Å²) in [7, 11) is 0. The molecule has 22 heavy (non-hydrogen) atoms. The van der Waals surface area contributed by atoms with Crippen LogP contribution in [0.4, 0.5) is 5.69 Å². The molecule has 3 heteroatoms. The molecule has 0 spiro atoms. The second-order valence-electron chi connectivity index (χ2n) is 5.46. The molecule has 0 aromatic heterocycles. The summed E-state index contributed by atoms with van der Waals surface area (Å²) in [4.78, 5) is 10.5. The molecule has 106 valence electrons. The van der Waals surface area contributed by atoms with Crippen molar-refractivity contribution in [2.45, 2.75) is 5.92 Å². The van der Waals surface area contributed by atoms with E-state index in [1.165, 1.54) is 22.3 Å². The number of non-ortho nitro benzene ring substituents is 1. The summed E-state index contributed by atoms with van der Waals surface area (Å²) in [6, 6.07) is 23.6. The van der Waals surface area contributed by atoms with Gasteiger partial charge in [0.1, 0.15) is 0 Å². The maximum absolute atomic E-state index is 10.8. The molecule has 0 aliphatic heterocycles. The minimum Gasteiger partial charge on any atom is -0.258 e. The number of benzene rings is 3. The molecular weight excluding hydrogens is 274 g/mol. The molecule has 3 aromatic carbocycles. The number of nitro groups is 1. The topological polar surface area (TPSA) is 43.1 Å². The molecule has 1 aliphatic carbocycles. The molecule has 0 N–H and O–H groups in total. The van der Waals surface area contributed by atoms with Crippen LogP contribution in [0, 0.1) is 10.1 Å². The van der Waals surface area contributed by atoms with Gasteiger partial charge in [-0.2, -0.15) is 0 Å². The number of fused-ring (bicyclic) bond motifs is 3. The first kappa shape index (κ1) is 12.8. The van der Waals surface area contributed by atoms with Crippen LogP contribution in [-0.4, -0.2) is 4.92 Å². The molecule has 3 aromatic rings. The molecule has 0 saturated heterocycles. The number of nitro benzene ring substituents is 1. The Morgan fingerprint density at radius 3 is 1.73 bits per heavy atom. The Morgan fingerprint density at radius 2 is 1.23 bits per heavy atom. The van der Waals surface area contributed by atoms with Crippen molar-refractivity contribution in [2.24, 2.45) is 0 Å². The average Bonchev–Trinajstić information content (AvgIpc) is 2.89. The summed E-state index contributed by atoms with van der Waals surface area (Å²) in [5, 5.41) is 10.8. The smallest absolute Gasteiger partial charge is 0.258 e. The van der Waals surface area contributed by atoms with Gasteiger partial charge in [-0.3, -0.25) is 10.1 Å². The summed E-state index contributed by atoms with van der Waals surface area (Å²) >= 11 is 0. The van der Waals surface area contributed by atoms with E-state index in [1.807, 2.05) is 36.4 Å². The molecule has 0 atom stereocenters. The van der Waals surface area contributed by atoms with Gasteiger partial charge in [0.25, 0.3) is 5.69 Å². The molecule has 0 saturated carbocycles. The zero-order valence-electron chi connectivity index (χ0n) is 11.8. The third-order valence-corrected chi connectivity index (χ3v) is 4.27. The highest BCUT2D eigenvalue weighted by molar-refractivity contribution is 5.80. The molecule has 1 aliphatic rings. The zero-order chi connectivity index (χ0) is 15.1. The average molecular weight is 287 g/mol. The van der Waals surface area contributed by atoms with Gasteiger partial charge < -0.3 is 0 Å². The van der Waals surface area contributed by atoms with E-state index in [4.69, 9.17) is 0 Å². The van der Waals surface area contributed by atoms with Gasteiger partial charge in [-0.15, -0.1) is 0 Å². The molecule has 0 bridgehead atoms. The van der Waals surface area contributed by atoms with E-state index < -0.39 is 0 Å². The molecule has 0 unspecified atom stereocenters. The predicted molar refractivity (Wildman–Crippen MR) is 85.9 cm³/mol. The van der Waals surface area contributed by atoms with Crippen LogP contribution in [0.25, 0.3) is 11.1 Å². The fourth-order valence-corrected chi connectivity index (χ4v) is 3.30. The SMILES string of the molecule is O=[N+]([O-])c1ccc(C2c3ccccc3-c3ccccc32)cc1. The van der Waals surface area contributed by atoms with Gasteiger partial charge in [-0.25, -0.2) is 0 Å². The Labute approximate surface area is 128 Å². The third kappa shape index (κ3) is 1.83. The highest BCUT2D eigenvalue weighted by Gasteiger charge is 2.29. The van der Waals surface area contributed by atoms with E-state index in [1.54, 1.807) is 12.1 Å². The van der Waals surface area contributed by atoms with Crippen LogP contribution in [-0.2, 0) is 0 Å². The molecule has 3 nitrogen and oxygen atoms in total. The van der Waals surface area contributed by atoms with Gasteiger partial charge in [0.2, 0.25) is 0 Å². The lowest BCUT2D eigenvalue weighted by Crippen LogP contribution is -1.99. The lowest BCUT2D eigenvalue weighted by molar-refractivity contribution is -0.384. The maximum Gasteiger partial charge on any atom is 0.269 e. The molecule has 0 radical (unpaired) electrons. The van der Waals surface area contributed by atoms with Crippen LogP contribution in [0.3, 0.4) is 0 Å². The fourth-order valence-electron chi connectivity index (χ4n) is 3.30. The van der Waals surface area contributed by atoms with E-state index >= 15 is 0 Å². The van der Waals surface area contributed by atoms with Gasteiger partial charge in [-0.1, -0.05) is 60.7 Å². The minimum absolute atomic E-state index is 0.128. The Hall–Kier alpha value is -2.94. The van der Waals surface area contributed by atoms with Crippen molar-refractivity contribution in [3.63, 3.8) is 0 Å². The Morgan fingerprint density at radius 1 is 0.727 bits per heavy atom. The summed E-state index contributed by atoms with van der Waals surface area (Å²) < 4.78 is 0. The van der Waals surface area contributed by atoms with Crippen LogP contribution in [0.1, 0.15) is 22.6 Å². The van der Waals surface area contributed by atoms with E-state index in [0.717, 1.165) is 5.56 Å². The summed E-state index contributed by atoms with van der Waals surface area (Å²) in [6.07, 6.45) is 0. The van der Waals surface area contributed by atoms with Crippen molar-refractivity contribution >= 4 is 5.69 Å². The molecule has 0 heterocycles. The first-order chi connectivity index (χ1) is 10.8. The van der Waals surface area contributed by atoms with Crippen LogP contribution in [0.15, 0.2) is 72.8 Å². The lowest BCUT2D eigenvalue weighted by Gasteiger charge is -2.14. The van der Waals surface area contributed by atoms with Crippen molar-refractivity contribution < 1.29 is 4.92 Å². The quantitative estimate of drug-likeness (QED) is 0.394. The van der Waals surface area contributed by atoms with E-state index in [2.05, 4.69) is 24.3 Å². The first-order valence-electron chi connectivity index (χ1n) is 7.18. The van der Waals surface area contributed by atoms with Gasteiger partial charge >= 0.3 is 0 Å². The first-order valence-corrected chi connectivity index (χ1v) is 7.18. The van der Waals surface area contributed by atoms with E-state index in [0.29, 0.717) is 0 Å². The summed E-state index contributed by atoms with van der Waals surface area (Å²) in [5.41, 5.74) is 6.24. The normalized spacial score (nSPS) is 12.7. The zero-order valence-corrected chi connectivity index (χ0v) is 11.8. The fraction of sp³-hybridized carbons (Fsp3) is 0.0526. The van der Waals surface area contributed by atoms with Crippen LogP contribution < -0.4 is 0 Å². The minimum atomic E-state index is -0.361. The number of rotatable bonds is 2. The largest absolute Gasteiger partial charge is 0.269 e. The van der Waals surface area contributed by atoms with Gasteiger partial charge in [0.15, 0.2) is 0 Å². The summed E-state index contributed by atoms with van der Waals surface area (Å²) in [5.74, 6) is 0.146. The van der Waals surface area contributed by atoms with E-state index in [-0.39, 0.29) is 16.5 Å². The van der Waals surface area contributed by atoms with Crippen LogP contribution >= 0.6 is 0 Å².